The zero-order valence-corrected chi connectivity index (χ0v) is 18.3. The van der Waals surface area contributed by atoms with E-state index in [9.17, 15) is 13.2 Å². The van der Waals surface area contributed by atoms with E-state index in [4.69, 9.17) is 0 Å². The molecule has 0 unspecified atom stereocenters. The molecular formula is C23H18O3S3. The number of fused-ring (bicyclic) bond motifs is 1. The Morgan fingerprint density at radius 1 is 0.690 bits per heavy atom. The lowest BCUT2D eigenvalue weighted by Gasteiger charge is -2.21. The van der Waals surface area contributed by atoms with E-state index in [2.05, 4.69) is 0 Å². The summed E-state index contributed by atoms with van der Waals surface area (Å²) in [5.74, 6) is -0.254. The molecule has 29 heavy (non-hydrogen) atoms. The molecule has 146 valence electrons. The van der Waals surface area contributed by atoms with Gasteiger partial charge < -0.3 is 0 Å². The molecule has 0 saturated heterocycles. The number of ketones is 1. The Labute approximate surface area is 179 Å². The van der Waals surface area contributed by atoms with E-state index in [0.29, 0.717) is 0 Å². The molecule has 0 fully saturated rings. The van der Waals surface area contributed by atoms with Gasteiger partial charge in [0.15, 0.2) is 0 Å². The third kappa shape index (κ3) is 3.92. The number of carbonyl (C=O) groups is 1. The van der Waals surface area contributed by atoms with E-state index in [0.717, 1.165) is 32.7 Å². The van der Waals surface area contributed by atoms with Gasteiger partial charge in [-0.2, -0.15) is 0 Å². The summed E-state index contributed by atoms with van der Waals surface area (Å²) in [6.45, 7) is 3.96. The minimum absolute atomic E-state index is 0.0767. The second-order valence-electron chi connectivity index (χ2n) is 6.78. The van der Waals surface area contributed by atoms with Gasteiger partial charge in [-0.25, -0.2) is 8.42 Å². The van der Waals surface area contributed by atoms with E-state index in [-0.39, 0.29) is 25.4 Å². The summed E-state index contributed by atoms with van der Waals surface area (Å²) in [5.41, 5.74) is 2.42. The fraction of sp³-hybridized carbons (Fsp3) is 0.0870. The Kier molecular flexibility index (Phi) is 5.42. The topological polar surface area (TPSA) is 51.2 Å². The molecule has 0 radical (unpaired) electrons. The number of benzene rings is 3. The van der Waals surface area contributed by atoms with Crippen LogP contribution in [0.1, 0.15) is 21.5 Å². The maximum Gasteiger partial charge on any atom is 0.214 e. The maximum absolute atomic E-state index is 13.4. The van der Waals surface area contributed by atoms with Gasteiger partial charge in [0, 0.05) is 15.4 Å². The van der Waals surface area contributed by atoms with Crippen molar-refractivity contribution >= 4 is 39.1 Å². The van der Waals surface area contributed by atoms with Crippen molar-refractivity contribution in [2.45, 2.75) is 28.5 Å². The highest BCUT2D eigenvalue weighted by atomic mass is 32.3. The highest BCUT2D eigenvalue weighted by molar-refractivity contribution is 8.20. The first-order chi connectivity index (χ1) is 13.9. The van der Waals surface area contributed by atoms with E-state index in [1.807, 2.05) is 62.4 Å². The number of sulfone groups is 1. The lowest BCUT2D eigenvalue weighted by Crippen LogP contribution is -2.19. The number of Topliss-reactive ketones (excluding diaryl/α,β-unsaturated/α-hetero) is 1. The Morgan fingerprint density at radius 2 is 1.21 bits per heavy atom. The number of carbonyl (C=O) groups excluding carboxylic acids is 1. The Balaban J connectivity index is 1.87. The number of allylic oxidation sites excluding steroid dienone is 1. The smallest absolute Gasteiger partial charge is 0.214 e. The van der Waals surface area contributed by atoms with Gasteiger partial charge in [-0.05, 0) is 50.2 Å². The lowest BCUT2D eigenvalue weighted by atomic mass is 10.1. The molecule has 0 saturated carbocycles. The van der Waals surface area contributed by atoms with Crippen LogP contribution in [0.2, 0.25) is 0 Å². The van der Waals surface area contributed by atoms with Gasteiger partial charge >= 0.3 is 0 Å². The summed E-state index contributed by atoms with van der Waals surface area (Å²) >= 11 is 2.34. The van der Waals surface area contributed by atoms with Gasteiger partial charge in [-0.3, -0.25) is 4.79 Å². The van der Waals surface area contributed by atoms with Crippen molar-refractivity contribution in [1.29, 1.82) is 0 Å². The zero-order chi connectivity index (χ0) is 20.6. The van der Waals surface area contributed by atoms with Crippen molar-refractivity contribution in [3.63, 3.8) is 0 Å². The van der Waals surface area contributed by atoms with Crippen LogP contribution in [0.25, 0.3) is 0 Å². The van der Waals surface area contributed by atoms with Crippen LogP contribution in [0.3, 0.4) is 0 Å². The molecule has 1 aliphatic heterocycles. The van der Waals surface area contributed by atoms with Crippen molar-refractivity contribution < 1.29 is 13.2 Å². The summed E-state index contributed by atoms with van der Waals surface area (Å²) in [6, 6.07) is 21.8. The van der Waals surface area contributed by atoms with Gasteiger partial charge in [0.25, 0.3) is 0 Å². The number of thioether (sulfide) groups is 2. The largest absolute Gasteiger partial charge is 0.288 e. The van der Waals surface area contributed by atoms with E-state index in [1.165, 1.54) is 17.8 Å². The predicted octanol–water partition coefficient (Wildman–Crippen LogP) is 6.03. The summed E-state index contributed by atoms with van der Waals surface area (Å²) in [6.07, 6.45) is 0. The minimum Gasteiger partial charge on any atom is -0.288 e. The molecular weight excluding hydrogens is 420 g/mol. The highest BCUT2D eigenvalue weighted by Crippen LogP contribution is 2.47. The van der Waals surface area contributed by atoms with Crippen LogP contribution in [0, 0.1) is 13.8 Å². The lowest BCUT2D eigenvalue weighted by molar-refractivity contribution is 0.103. The summed E-state index contributed by atoms with van der Waals surface area (Å²) in [4.78, 5) is 15.2. The van der Waals surface area contributed by atoms with Crippen LogP contribution in [0.4, 0.5) is 0 Å². The molecule has 0 atom stereocenters. The van der Waals surface area contributed by atoms with Crippen molar-refractivity contribution in [3.8, 4) is 0 Å². The van der Waals surface area contributed by atoms with Gasteiger partial charge in [0.05, 0.1) is 9.80 Å². The number of aryl methyl sites for hydroxylation is 2. The fourth-order valence-electron chi connectivity index (χ4n) is 2.95. The van der Waals surface area contributed by atoms with Crippen LogP contribution >= 0.6 is 23.5 Å². The van der Waals surface area contributed by atoms with Crippen molar-refractivity contribution in [2.75, 3.05) is 0 Å². The van der Waals surface area contributed by atoms with E-state index >= 15 is 0 Å². The SMILES string of the molecule is Cc1ccc(SC2=C(Sc3ccc(C)cc3)S(=O)(=O)c3ccccc3C2=O)cc1. The fourth-order valence-corrected chi connectivity index (χ4v) is 7.36. The average molecular weight is 439 g/mol. The van der Waals surface area contributed by atoms with Crippen molar-refractivity contribution in [2.24, 2.45) is 0 Å². The quantitative estimate of drug-likeness (QED) is 0.498. The van der Waals surface area contributed by atoms with Crippen LogP contribution < -0.4 is 0 Å². The predicted molar refractivity (Wildman–Crippen MR) is 119 cm³/mol. The molecule has 0 spiro atoms. The molecule has 3 aromatic carbocycles. The minimum atomic E-state index is -3.80. The maximum atomic E-state index is 13.4. The number of hydrogen-bond donors (Lipinski definition) is 0. The molecule has 1 aliphatic rings. The Morgan fingerprint density at radius 3 is 1.79 bits per heavy atom. The second kappa shape index (κ2) is 7.86. The molecule has 3 aromatic rings. The van der Waals surface area contributed by atoms with Crippen molar-refractivity contribution in [3.05, 3.63) is 98.6 Å². The number of hydrogen-bond acceptors (Lipinski definition) is 5. The normalized spacial score (nSPS) is 15.3. The highest BCUT2D eigenvalue weighted by Gasteiger charge is 2.38. The van der Waals surface area contributed by atoms with Gasteiger partial charge in [-0.1, -0.05) is 71.0 Å². The molecule has 0 N–H and O–H groups in total. The Hall–Kier alpha value is -2.28. The van der Waals surface area contributed by atoms with Gasteiger partial charge in [-0.15, -0.1) is 0 Å². The third-order valence-corrected chi connectivity index (χ3v) is 9.32. The molecule has 0 aromatic heterocycles. The average Bonchev–Trinajstić information content (AvgIpc) is 2.72. The first-order valence-electron chi connectivity index (χ1n) is 8.98. The zero-order valence-electron chi connectivity index (χ0n) is 15.9. The van der Waals surface area contributed by atoms with Gasteiger partial charge in [0.2, 0.25) is 15.6 Å². The van der Waals surface area contributed by atoms with Crippen LogP contribution in [0.5, 0.6) is 0 Å². The standard InChI is InChI=1S/C23H18O3S3/c1-15-7-11-17(12-8-15)27-22-21(24)19-5-3-4-6-20(19)29(25,26)23(22)28-18-13-9-16(2)10-14-18/h3-14H,1-2H3. The van der Waals surface area contributed by atoms with Gasteiger partial charge in [0.1, 0.15) is 4.24 Å². The monoisotopic (exact) mass is 438 g/mol. The summed E-state index contributed by atoms with van der Waals surface area (Å²) in [7, 11) is -3.80. The van der Waals surface area contributed by atoms with E-state index < -0.39 is 9.84 Å². The van der Waals surface area contributed by atoms with Crippen LogP contribution in [0.15, 0.2) is 96.6 Å². The van der Waals surface area contributed by atoms with Crippen LogP contribution in [-0.2, 0) is 9.84 Å². The molecule has 6 heteroatoms. The van der Waals surface area contributed by atoms with E-state index in [1.54, 1.807) is 18.2 Å². The molecule has 3 nitrogen and oxygen atoms in total. The van der Waals surface area contributed by atoms with Crippen LogP contribution in [-0.4, -0.2) is 14.2 Å². The molecule has 4 rings (SSSR count). The third-order valence-electron chi connectivity index (χ3n) is 4.53. The molecule has 1 heterocycles. The second-order valence-corrected chi connectivity index (χ2v) is 11.1. The molecule has 0 bridgehead atoms. The van der Waals surface area contributed by atoms with Crippen molar-refractivity contribution in [1.82, 2.24) is 0 Å². The molecule has 0 aliphatic carbocycles. The summed E-state index contributed by atoms with van der Waals surface area (Å²) in [5, 5.41) is 0. The Bertz CT molecular complexity index is 1220. The first kappa shape index (κ1) is 20.0. The molecule has 0 amide bonds. The number of rotatable bonds is 4. The first-order valence-corrected chi connectivity index (χ1v) is 12.1. The summed E-state index contributed by atoms with van der Waals surface area (Å²) < 4.78 is 27.0.